The van der Waals surface area contributed by atoms with Crippen LogP contribution in [0, 0.1) is 24.8 Å². The van der Waals surface area contributed by atoms with Crippen molar-refractivity contribution in [2.75, 3.05) is 0 Å². The van der Waals surface area contributed by atoms with Gasteiger partial charge in [-0.1, -0.05) is 94.8 Å². The van der Waals surface area contributed by atoms with Crippen LogP contribution in [0.25, 0.3) is 44.0 Å². The molecule has 0 aliphatic heterocycles. The smallest absolute Gasteiger partial charge is 0.162 e. The van der Waals surface area contributed by atoms with Gasteiger partial charge in [0, 0.05) is 49.6 Å². The van der Waals surface area contributed by atoms with Crippen molar-refractivity contribution in [3.8, 4) is 11.3 Å². The zero-order valence-corrected chi connectivity index (χ0v) is 29.7. The minimum absolute atomic E-state index is 0. The molecule has 1 radical (unpaired) electrons. The van der Waals surface area contributed by atoms with Crippen molar-refractivity contribution in [3.05, 3.63) is 89.8 Å². The Balaban J connectivity index is 0.000000249. The number of para-hydroxylation sites is 1. The van der Waals surface area contributed by atoms with E-state index in [1.54, 1.807) is 0 Å². The molecular weight excluding hydrogens is 735 g/mol. The summed E-state index contributed by atoms with van der Waals surface area (Å²) in [6.45, 7) is 10.2. The quantitative estimate of drug-likeness (QED) is 0.0919. The third-order valence-corrected chi connectivity index (χ3v) is 9.48. The molecule has 1 aliphatic carbocycles. The molecule has 239 valence electrons. The first-order chi connectivity index (χ1) is 21.4. The molecule has 0 unspecified atom stereocenters. The van der Waals surface area contributed by atoms with Crippen molar-refractivity contribution < 1.29 is 34.4 Å². The predicted octanol–water partition coefficient (Wildman–Crippen LogP) is 11.4. The maximum absolute atomic E-state index is 11.7. The second-order valence-electron chi connectivity index (χ2n) is 12.3. The summed E-state index contributed by atoms with van der Waals surface area (Å²) in [4.78, 5) is 16.5. The maximum atomic E-state index is 11.7. The summed E-state index contributed by atoms with van der Waals surface area (Å²) in [6, 6.07) is 23.0. The number of nitrogens with zero attached hydrogens (tertiary/aromatic N) is 1. The molecule has 0 bridgehead atoms. The number of allylic oxidation sites excluding steroid dienone is 2. The SMILES string of the molecule is CCC(CC)C(=O)/C=C(\O)C(CC)CC.Cc1[c-]c(-c2nccc3cc(C4CCCC4)ccc23)c2oc3ccccc3c2c1.[Ir]. The third kappa shape index (κ3) is 7.59. The number of hydrogen-bond acceptors (Lipinski definition) is 4. The number of carbonyl (C=O) groups is 1. The summed E-state index contributed by atoms with van der Waals surface area (Å²) in [5.41, 5.74) is 6.25. The number of furan rings is 1. The zero-order chi connectivity index (χ0) is 31.2. The average molecular weight is 781 g/mol. The molecule has 5 heteroatoms. The van der Waals surface area contributed by atoms with Crippen LogP contribution in [0.5, 0.6) is 0 Å². The maximum Gasteiger partial charge on any atom is 0.162 e. The Morgan fingerprint density at radius 1 is 0.933 bits per heavy atom. The minimum Gasteiger partial charge on any atom is -0.512 e. The van der Waals surface area contributed by atoms with Gasteiger partial charge in [0.2, 0.25) is 0 Å². The number of pyridine rings is 1. The number of carbonyl (C=O) groups excluding carboxylic acids is 1. The van der Waals surface area contributed by atoms with E-state index < -0.39 is 0 Å². The number of fused-ring (bicyclic) bond motifs is 4. The molecule has 1 aliphatic rings. The number of aliphatic hydroxyl groups excluding tert-OH is 1. The molecule has 1 saturated carbocycles. The van der Waals surface area contributed by atoms with Gasteiger partial charge in [-0.25, -0.2) is 0 Å². The van der Waals surface area contributed by atoms with Crippen molar-refractivity contribution >= 4 is 38.5 Å². The minimum atomic E-state index is 0. The van der Waals surface area contributed by atoms with Crippen LogP contribution >= 0.6 is 0 Å². The van der Waals surface area contributed by atoms with Crippen LogP contribution in [-0.2, 0) is 24.9 Å². The Kier molecular flexibility index (Phi) is 12.2. The van der Waals surface area contributed by atoms with Crippen molar-refractivity contribution in [2.45, 2.75) is 91.9 Å². The molecule has 6 rings (SSSR count). The topological polar surface area (TPSA) is 63.3 Å². The van der Waals surface area contributed by atoms with Gasteiger partial charge < -0.3 is 14.5 Å². The van der Waals surface area contributed by atoms with Crippen LogP contribution < -0.4 is 0 Å². The zero-order valence-electron chi connectivity index (χ0n) is 27.3. The summed E-state index contributed by atoms with van der Waals surface area (Å²) in [7, 11) is 0. The van der Waals surface area contributed by atoms with Gasteiger partial charge in [-0.2, -0.15) is 0 Å². The normalized spacial score (nSPS) is 13.9. The molecule has 0 atom stereocenters. The summed E-state index contributed by atoms with van der Waals surface area (Å²) >= 11 is 0. The number of rotatable bonds is 9. The van der Waals surface area contributed by atoms with Gasteiger partial charge >= 0.3 is 0 Å². The number of aryl methyl sites for hydroxylation is 1. The van der Waals surface area contributed by atoms with Crippen molar-refractivity contribution in [1.82, 2.24) is 4.98 Å². The Bertz CT molecular complexity index is 1770. The van der Waals surface area contributed by atoms with E-state index in [4.69, 9.17) is 9.40 Å². The molecular formula is C40H46IrNO3-. The standard InChI is InChI=1S/C27H22NO.C13H24O2.Ir/c1-17-14-23-22-8-4-5-9-25(22)29-27(23)24(15-17)26-21-11-10-19(18-6-2-3-7-18)16-20(21)12-13-28-26;1-5-10(6-2)12(14)9-13(15)11(7-3)8-4;/h4-5,8-14,16,18H,2-3,6-7H2,1H3;9-11,14H,5-8H2,1-4H3;/q-1;;/b;12-9-;. The fraction of sp³-hybridized carbons (Fsp3) is 0.400. The van der Waals surface area contributed by atoms with E-state index in [-0.39, 0.29) is 43.5 Å². The Labute approximate surface area is 281 Å². The molecule has 0 amide bonds. The van der Waals surface area contributed by atoms with Crippen LogP contribution in [0.15, 0.2) is 77.0 Å². The van der Waals surface area contributed by atoms with E-state index in [0.717, 1.165) is 69.8 Å². The van der Waals surface area contributed by atoms with Gasteiger partial charge in [-0.3, -0.25) is 4.79 Å². The summed E-state index contributed by atoms with van der Waals surface area (Å²) in [5.74, 6) is 1.26. The van der Waals surface area contributed by atoms with Gasteiger partial charge in [-0.05, 0) is 78.6 Å². The number of aliphatic hydroxyl groups is 1. The van der Waals surface area contributed by atoms with Gasteiger partial charge in [-0.15, -0.1) is 17.7 Å². The van der Waals surface area contributed by atoms with Crippen LogP contribution in [-0.4, -0.2) is 15.9 Å². The Morgan fingerprint density at radius 3 is 2.31 bits per heavy atom. The van der Waals surface area contributed by atoms with Gasteiger partial charge in [0.25, 0.3) is 0 Å². The number of aromatic nitrogens is 1. The average Bonchev–Trinajstić information content (AvgIpc) is 3.71. The van der Waals surface area contributed by atoms with Crippen molar-refractivity contribution in [1.29, 1.82) is 0 Å². The molecule has 0 spiro atoms. The third-order valence-electron chi connectivity index (χ3n) is 9.48. The van der Waals surface area contributed by atoms with E-state index in [1.165, 1.54) is 42.7 Å². The van der Waals surface area contributed by atoms with Gasteiger partial charge in [0.15, 0.2) is 5.78 Å². The van der Waals surface area contributed by atoms with E-state index >= 15 is 0 Å². The molecule has 1 N–H and O–H groups in total. The van der Waals surface area contributed by atoms with Crippen molar-refractivity contribution in [2.24, 2.45) is 11.8 Å². The van der Waals surface area contributed by atoms with E-state index in [9.17, 15) is 9.90 Å². The molecule has 0 saturated heterocycles. The molecule has 1 fully saturated rings. The first-order valence-electron chi connectivity index (χ1n) is 16.6. The summed E-state index contributed by atoms with van der Waals surface area (Å²) < 4.78 is 6.28. The van der Waals surface area contributed by atoms with E-state index in [2.05, 4.69) is 55.5 Å². The van der Waals surface area contributed by atoms with Crippen LogP contribution in [0.2, 0.25) is 0 Å². The Morgan fingerprint density at radius 2 is 1.62 bits per heavy atom. The predicted molar refractivity (Wildman–Crippen MR) is 183 cm³/mol. The van der Waals surface area contributed by atoms with E-state index in [0.29, 0.717) is 5.92 Å². The summed E-state index contributed by atoms with van der Waals surface area (Å²) in [6.07, 6.45) is 12.2. The number of benzene rings is 3. The number of hydrogen-bond donors (Lipinski definition) is 1. The molecule has 3 aromatic carbocycles. The van der Waals surface area contributed by atoms with Gasteiger partial charge in [0.1, 0.15) is 5.58 Å². The largest absolute Gasteiger partial charge is 0.512 e. The monoisotopic (exact) mass is 781 g/mol. The van der Waals surface area contributed by atoms with Crippen molar-refractivity contribution in [3.63, 3.8) is 0 Å². The first-order valence-corrected chi connectivity index (χ1v) is 16.6. The molecule has 2 aromatic heterocycles. The second-order valence-corrected chi connectivity index (χ2v) is 12.3. The van der Waals surface area contributed by atoms with E-state index in [1.807, 2.05) is 46.0 Å². The molecule has 5 aromatic rings. The van der Waals surface area contributed by atoms with Crippen LogP contribution in [0.1, 0.15) is 96.1 Å². The van der Waals surface area contributed by atoms with Gasteiger partial charge in [0.05, 0.1) is 11.3 Å². The van der Waals surface area contributed by atoms with Crippen LogP contribution in [0.4, 0.5) is 0 Å². The second kappa shape index (κ2) is 15.8. The molecule has 45 heavy (non-hydrogen) atoms. The summed E-state index contributed by atoms with van der Waals surface area (Å²) in [5, 5.41) is 14.4. The first kappa shape index (κ1) is 34.6. The fourth-order valence-electron chi connectivity index (χ4n) is 6.76. The Hall–Kier alpha value is -3.27. The molecule has 4 nitrogen and oxygen atoms in total. The fourth-order valence-corrected chi connectivity index (χ4v) is 6.76. The number of ketones is 1. The molecule has 2 heterocycles. The van der Waals surface area contributed by atoms with Crippen LogP contribution in [0.3, 0.4) is 0 Å².